The highest BCUT2D eigenvalue weighted by atomic mass is 32.1. The molecule has 0 spiro atoms. The van der Waals surface area contributed by atoms with E-state index in [4.69, 9.17) is 4.74 Å². The number of halogens is 1. The number of aryl methyl sites for hydroxylation is 2. The van der Waals surface area contributed by atoms with Crippen molar-refractivity contribution in [2.24, 2.45) is 0 Å². The maximum absolute atomic E-state index is 13.1. The number of benzene rings is 1. The third kappa shape index (κ3) is 3.41. The molecule has 0 radical (unpaired) electrons. The van der Waals surface area contributed by atoms with E-state index in [1.165, 1.54) is 28.3 Å². The van der Waals surface area contributed by atoms with Crippen molar-refractivity contribution in [1.82, 2.24) is 0 Å². The first kappa shape index (κ1) is 13.7. The predicted molar refractivity (Wildman–Crippen MR) is 74.7 cm³/mol. The van der Waals surface area contributed by atoms with E-state index in [9.17, 15) is 9.18 Å². The van der Waals surface area contributed by atoms with Gasteiger partial charge in [0.15, 0.2) is 6.61 Å². The third-order valence-electron chi connectivity index (χ3n) is 2.79. The van der Waals surface area contributed by atoms with Crippen LogP contribution in [0.3, 0.4) is 0 Å². The number of ketones is 1. The summed E-state index contributed by atoms with van der Waals surface area (Å²) in [4.78, 5) is 13.8. The Morgan fingerprint density at radius 2 is 2.11 bits per heavy atom. The minimum atomic E-state index is -0.363. The second-order valence-corrected chi connectivity index (χ2v) is 5.41. The predicted octanol–water partition coefficient (Wildman–Crippen LogP) is 4.02. The largest absolute Gasteiger partial charge is 0.485 e. The molecule has 0 aliphatic heterocycles. The molecule has 1 aromatic heterocycles. The first-order valence-electron chi connectivity index (χ1n) is 6.11. The minimum absolute atomic E-state index is 0.0615. The average Bonchev–Trinajstić information content (AvgIpc) is 2.88. The number of hydrogen-bond acceptors (Lipinski definition) is 3. The number of ether oxygens (including phenoxy) is 1. The monoisotopic (exact) mass is 278 g/mol. The number of Topliss-reactive ketones (excluding diaryl/α,β-unsaturated/α-hetero) is 1. The first-order valence-corrected chi connectivity index (χ1v) is 6.92. The Balaban J connectivity index is 2.02. The number of carbonyl (C=O) groups is 1. The standard InChI is InChI=1S/C15H15FO2S/c1-3-12-6-7-15(19-12)13(17)9-18-14-8-11(16)5-4-10(14)2/h4-8H,3,9H2,1-2H3. The van der Waals surface area contributed by atoms with Crippen molar-refractivity contribution < 1.29 is 13.9 Å². The first-order chi connectivity index (χ1) is 9.10. The minimum Gasteiger partial charge on any atom is -0.485 e. The Hall–Kier alpha value is -1.68. The van der Waals surface area contributed by atoms with E-state index < -0.39 is 0 Å². The van der Waals surface area contributed by atoms with Gasteiger partial charge in [0, 0.05) is 10.9 Å². The van der Waals surface area contributed by atoms with E-state index in [0.29, 0.717) is 10.6 Å². The summed E-state index contributed by atoms with van der Waals surface area (Å²) in [5, 5.41) is 0. The highest BCUT2D eigenvalue weighted by molar-refractivity contribution is 7.14. The molecule has 2 rings (SSSR count). The molecule has 1 heterocycles. The van der Waals surface area contributed by atoms with Gasteiger partial charge < -0.3 is 4.74 Å². The van der Waals surface area contributed by atoms with E-state index in [1.807, 2.05) is 26.0 Å². The highest BCUT2D eigenvalue weighted by Gasteiger charge is 2.11. The summed E-state index contributed by atoms with van der Waals surface area (Å²) >= 11 is 1.48. The smallest absolute Gasteiger partial charge is 0.210 e. The molecule has 19 heavy (non-hydrogen) atoms. The lowest BCUT2D eigenvalue weighted by molar-refractivity contribution is 0.0925. The zero-order valence-corrected chi connectivity index (χ0v) is 11.7. The average molecular weight is 278 g/mol. The van der Waals surface area contributed by atoms with Gasteiger partial charge in [-0.25, -0.2) is 4.39 Å². The molecule has 0 N–H and O–H groups in total. The molecule has 0 bridgehead atoms. The van der Waals surface area contributed by atoms with Crippen molar-refractivity contribution in [3.05, 3.63) is 51.5 Å². The van der Waals surface area contributed by atoms with Crippen LogP contribution in [-0.4, -0.2) is 12.4 Å². The van der Waals surface area contributed by atoms with Gasteiger partial charge in [-0.1, -0.05) is 13.0 Å². The summed E-state index contributed by atoms with van der Waals surface area (Å²) in [7, 11) is 0. The Bertz CT molecular complexity index is 590. The SMILES string of the molecule is CCc1ccc(C(=O)COc2cc(F)ccc2C)s1. The lowest BCUT2D eigenvalue weighted by Crippen LogP contribution is -2.10. The van der Waals surface area contributed by atoms with E-state index in [1.54, 1.807) is 6.07 Å². The van der Waals surface area contributed by atoms with Gasteiger partial charge in [0.1, 0.15) is 11.6 Å². The fourth-order valence-electron chi connectivity index (χ4n) is 1.66. The number of rotatable bonds is 5. The van der Waals surface area contributed by atoms with E-state index in [0.717, 1.165) is 12.0 Å². The number of carbonyl (C=O) groups excluding carboxylic acids is 1. The van der Waals surface area contributed by atoms with Gasteiger partial charge in [-0.3, -0.25) is 4.79 Å². The summed E-state index contributed by atoms with van der Waals surface area (Å²) in [6, 6.07) is 8.07. The second-order valence-electron chi connectivity index (χ2n) is 4.24. The maximum atomic E-state index is 13.1. The van der Waals surface area contributed by atoms with Crippen LogP contribution in [0.5, 0.6) is 5.75 Å². The summed E-state index contributed by atoms with van der Waals surface area (Å²) in [6.45, 7) is 3.81. The fraction of sp³-hybridized carbons (Fsp3) is 0.267. The topological polar surface area (TPSA) is 26.3 Å². The van der Waals surface area contributed by atoms with Gasteiger partial charge in [0.25, 0.3) is 0 Å². The van der Waals surface area contributed by atoms with Gasteiger partial charge in [0.05, 0.1) is 4.88 Å². The Kier molecular flexibility index (Phi) is 4.32. The van der Waals surface area contributed by atoms with Crippen molar-refractivity contribution in [3.63, 3.8) is 0 Å². The van der Waals surface area contributed by atoms with Gasteiger partial charge in [0.2, 0.25) is 5.78 Å². The molecule has 0 amide bonds. The molecule has 0 saturated carbocycles. The zero-order chi connectivity index (χ0) is 13.8. The molecule has 0 unspecified atom stereocenters. The zero-order valence-electron chi connectivity index (χ0n) is 10.9. The molecule has 2 nitrogen and oxygen atoms in total. The molecule has 0 aliphatic carbocycles. The number of thiophene rings is 1. The van der Waals surface area contributed by atoms with Crippen molar-refractivity contribution in [1.29, 1.82) is 0 Å². The van der Waals surface area contributed by atoms with Crippen LogP contribution in [0.2, 0.25) is 0 Å². The molecular weight excluding hydrogens is 263 g/mol. The van der Waals surface area contributed by atoms with E-state index >= 15 is 0 Å². The lowest BCUT2D eigenvalue weighted by atomic mass is 10.2. The van der Waals surface area contributed by atoms with E-state index in [-0.39, 0.29) is 18.2 Å². The van der Waals surface area contributed by atoms with Crippen LogP contribution in [0.1, 0.15) is 27.0 Å². The van der Waals surface area contributed by atoms with Crippen molar-refractivity contribution in [2.45, 2.75) is 20.3 Å². The number of hydrogen-bond donors (Lipinski definition) is 0. The Labute approximate surface area is 115 Å². The van der Waals surface area contributed by atoms with Crippen LogP contribution >= 0.6 is 11.3 Å². The molecule has 0 atom stereocenters. The van der Waals surface area contributed by atoms with Gasteiger partial charge in [-0.2, -0.15) is 0 Å². The van der Waals surface area contributed by atoms with Gasteiger partial charge in [-0.15, -0.1) is 11.3 Å². The van der Waals surface area contributed by atoms with Crippen LogP contribution in [0.4, 0.5) is 4.39 Å². The van der Waals surface area contributed by atoms with Crippen LogP contribution < -0.4 is 4.74 Å². The van der Waals surface area contributed by atoms with Crippen molar-refractivity contribution in [3.8, 4) is 5.75 Å². The summed E-state index contributed by atoms with van der Waals surface area (Å²) in [5.41, 5.74) is 0.814. The normalized spacial score (nSPS) is 10.5. The van der Waals surface area contributed by atoms with Gasteiger partial charge >= 0.3 is 0 Å². The van der Waals surface area contributed by atoms with Crippen LogP contribution in [0.15, 0.2) is 30.3 Å². The fourth-order valence-corrected chi connectivity index (χ4v) is 2.53. The molecule has 4 heteroatoms. The molecule has 2 aromatic rings. The Morgan fingerprint density at radius 3 is 2.79 bits per heavy atom. The second kappa shape index (κ2) is 5.97. The van der Waals surface area contributed by atoms with Crippen LogP contribution in [-0.2, 0) is 6.42 Å². The molecule has 0 fully saturated rings. The quantitative estimate of drug-likeness (QED) is 0.772. The lowest BCUT2D eigenvalue weighted by Gasteiger charge is -2.07. The maximum Gasteiger partial charge on any atom is 0.210 e. The van der Waals surface area contributed by atoms with Crippen molar-refractivity contribution in [2.75, 3.05) is 6.61 Å². The highest BCUT2D eigenvalue weighted by Crippen LogP contribution is 2.21. The van der Waals surface area contributed by atoms with Crippen molar-refractivity contribution >= 4 is 17.1 Å². The molecular formula is C15H15FO2S. The molecule has 0 aliphatic rings. The van der Waals surface area contributed by atoms with E-state index in [2.05, 4.69) is 0 Å². The summed E-state index contributed by atoms with van der Waals surface area (Å²) in [6.07, 6.45) is 0.918. The molecule has 1 aromatic carbocycles. The molecule has 0 saturated heterocycles. The van der Waals surface area contributed by atoms with Crippen LogP contribution in [0.25, 0.3) is 0 Å². The summed E-state index contributed by atoms with van der Waals surface area (Å²) in [5.74, 6) is -0.0218. The summed E-state index contributed by atoms with van der Waals surface area (Å²) < 4.78 is 18.5. The van der Waals surface area contributed by atoms with Crippen LogP contribution in [0, 0.1) is 12.7 Å². The Morgan fingerprint density at radius 1 is 1.32 bits per heavy atom. The van der Waals surface area contributed by atoms with Gasteiger partial charge in [-0.05, 0) is 37.1 Å². The third-order valence-corrected chi connectivity index (χ3v) is 4.06. The molecule has 100 valence electrons.